The van der Waals surface area contributed by atoms with Crippen molar-refractivity contribution in [3.8, 4) is 0 Å². The molecule has 18 heavy (non-hydrogen) atoms. The molecule has 0 amide bonds. The van der Waals surface area contributed by atoms with Crippen LogP contribution in [0.1, 0.15) is 26.3 Å². The molecule has 3 heteroatoms. The van der Waals surface area contributed by atoms with E-state index in [1.165, 1.54) is 16.5 Å². The molecule has 1 heterocycles. The van der Waals surface area contributed by atoms with E-state index in [9.17, 15) is 0 Å². The van der Waals surface area contributed by atoms with Crippen LogP contribution in [0.3, 0.4) is 0 Å². The second-order valence-corrected chi connectivity index (χ2v) is 5.53. The predicted octanol–water partition coefficient (Wildman–Crippen LogP) is 2.92. The first-order valence-electron chi connectivity index (χ1n) is 6.42. The van der Waals surface area contributed by atoms with E-state index in [1.807, 2.05) is 0 Å². The van der Waals surface area contributed by atoms with E-state index in [0.29, 0.717) is 13.2 Å². The van der Waals surface area contributed by atoms with Gasteiger partial charge in [-0.2, -0.15) is 0 Å². The van der Waals surface area contributed by atoms with E-state index in [4.69, 9.17) is 10.5 Å². The van der Waals surface area contributed by atoms with Gasteiger partial charge in [0, 0.05) is 30.2 Å². The molecule has 0 aliphatic heterocycles. The molecule has 0 spiro atoms. The molecule has 0 saturated carbocycles. The minimum atomic E-state index is -0.0837. The first kappa shape index (κ1) is 13.1. The van der Waals surface area contributed by atoms with Crippen LogP contribution >= 0.6 is 0 Å². The van der Waals surface area contributed by atoms with Gasteiger partial charge in [0.15, 0.2) is 0 Å². The van der Waals surface area contributed by atoms with E-state index < -0.39 is 0 Å². The third-order valence-corrected chi connectivity index (χ3v) is 2.96. The third kappa shape index (κ3) is 2.92. The molecule has 0 atom stereocenters. The van der Waals surface area contributed by atoms with Crippen LogP contribution in [0.5, 0.6) is 0 Å². The fourth-order valence-corrected chi connectivity index (χ4v) is 2.12. The second-order valence-electron chi connectivity index (χ2n) is 5.53. The van der Waals surface area contributed by atoms with Gasteiger partial charge in [-0.15, -0.1) is 0 Å². The standard InChI is InChI=1S/C15H22N2O/c1-15(2,3)18-9-8-17-11-12(10-16)13-6-4-5-7-14(13)17/h4-7,11H,8-10,16H2,1-3H3. The number of rotatable bonds is 4. The molecule has 1 aromatic carbocycles. The van der Waals surface area contributed by atoms with Gasteiger partial charge in [0.05, 0.1) is 12.2 Å². The average molecular weight is 246 g/mol. The van der Waals surface area contributed by atoms with E-state index >= 15 is 0 Å². The summed E-state index contributed by atoms with van der Waals surface area (Å²) < 4.78 is 8.00. The molecule has 0 unspecified atom stereocenters. The van der Waals surface area contributed by atoms with Crippen molar-refractivity contribution in [2.24, 2.45) is 5.73 Å². The molecule has 0 bridgehead atoms. The number of fused-ring (bicyclic) bond motifs is 1. The Kier molecular flexibility index (Phi) is 3.73. The van der Waals surface area contributed by atoms with Crippen LogP contribution in [0.2, 0.25) is 0 Å². The molecule has 0 aliphatic carbocycles. The molecule has 98 valence electrons. The van der Waals surface area contributed by atoms with Gasteiger partial charge < -0.3 is 15.0 Å². The van der Waals surface area contributed by atoms with Crippen LogP contribution in [-0.4, -0.2) is 16.8 Å². The van der Waals surface area contributed by atoms with Crippen LogP contribution in [0.25, 0.3) is 10.9 Å². The Balaban J connectivity index is 2.18. The molecular formula is C15H22N2O. The summed E-state index contributed by atoms with van der Waals surface area (Å²) in [5, 5.41) is 1.25. The normalized spacial score (nSPS) is 12.2. The first-order valence-corrected chi connectivity index (χ1v) is 6.42. The zero-order chi connectivity index (χ0) is 13.2. The van der Waals surface area contributed by atoms with Crippen molar-refractivity contribution in [2.75, 3.05) is 6.61 Å². The molecule has 2 N–H and O–H groups in total. The maximum atomic E-state index is 5.78. The number of nitrogens with zero attached hydrogens (tertiary/aromatic N) is 1. The monoisotopic (exact) mass is 246 g/mol. The Morgan fingerprint density at radius 3 is 2.61 bits per heavy atom. The topological polar surface area (TPSA) is 40.2 Å². The van der Waals surface area contributed by atoms with E-state index in [-0.39, 0.29) is 5.60 Å². The molecule has 0 radical (unpaired) electrons. The fraction of sp³-hybridized carbons (Fsp3) is 0.467. The fourth-order valence-electron chi connectivity index (χ4n) is 2.12. The Morgan fingerprint density at radius 1 is 1.22 bits per heavy atom. The van der Waals surface area contributed by atoms with Crippen LogP contribution < -0.4 is 5.73 Å². The van der Waals surface area contributed by atoms with E-state index in [2.05, 4.69) is 55.8 Å². The molecule has 2 rings (SSSR count). The van der Waals surface area contributed by atoms with Gasteiger partial charge in [-0.25, -0.2) is 0 Å². The van der Waals surface area contributed by atoms with Crippen molar-refractivity contribution in [1.29, 1.82) is 0 Å². The van der Waals surface area contributed by atoms with E-state index in [1.54, 1.807) is 0 Å². The van der Waals surface area contributed by atoms with Gasteiger partial charge in [-0.3, -0.25) is 0 Å². The van der Waals surface area contributed by atoms with Gasteiger partial charge in [-0.1, -0.05) is 18.2 Å². The van der Waals surface area contributed by atoms with Crippen molar-refractivity contribution >= 4 is 10.9 Å². The van der Waals surface area contributed by atoms with Crippen molar-refractivity contribution in [1.82, 2.24) is 4.57 Å². The maximum Gasteiger partial charge on any atom is 0.0652 e. The van der Waals surface area contributed by atoms with Gasteiger partial charge in [-0.05, 0) is 32.4 Å². The number of para-hydroxylation sites is 1. The molecule has 2 aromatic rings. The summed E-state index contributed by atoms with van der Waals surface area (Å²) in [5.74, 6) is 0. The molecule has 1 aromatic heterocycles. The van der Waals surface area contributed by atoms with Crippen LogP contribution in [0.4, 0.5) is 0 Å². The summed E-state index contributed by atoms with van der Waals surface area (Å²) in [6.07, 6.45) is 2.14. The zero-order valence-electron chi connectivity index (χ0n) is 11.4. The lowest BCUT2D eigenvalue weighted by Gasteiger charge is -2.19. The minimum Gasteiger partial charge on any atom is -0.374 e. The number of aromatic nitrogens is 1. The predicted molar refractivity (Wildman–Crippen MR) is 75.5 cm³/mol. The summed E-state index contributed by atoms with van der Waals surface area (Å²) in [4.78, 5) is 0. The number of nitrogens with two attached hydrogens (primary N) is 1. The summed E-state index contributed by atoms with van der Waals surface area (Å²) in [5.41, 5.74) is 8.13. The van der Waals surface area contributed by atoms with Crippen molar-refractivity contribution in [3.63, 3.8) is 0 Å². The molecule has 3 nitrogen and oxygen atoms in total. The summed E-state index contributed by atoms with van der Waals surface area (Å²) >= 11 is 0. The Hall–Kier alpha value is -1.32. The van der Waals surface area contributed by atoms with Gasteiger partial charge >= 0.3 is 0 Å². The molecule has 0 saturated heterocycles. The largest absolute Gasteiger partial charge is 0.374 e. The van der Waals surface area contributed by atoms with Crippen LogP contribution in [0.15, 0.2) is 30.5 Å². The number of benzene rings is 1. The number of ether oxygens (including phenoxy) is 1. The SMILES string of the molecule is CC(C)(C)OCCn1cc(CN)c2ccccc21. The van der Waals surface area contributed by atoms with Crippen molar-refractivity contribution in [3.05, 3.63) is 36.0 Å². The smallest absolute Gasteiger partial charge is 0.0652 e. The zero-order valence-corrected chi connectivity index (χ0v) is 11.4. The van der Waals surface area contributed by atoms with E-state index in [0.717, 1.165) is 6.54 Å². The first-order chi connectivity index (χ1) is 8.51. The second kappa shape index (κ2) is 5.12. The summed E-state index contributed by atoms with van der Waals surface area (Å²) in [7, 11) is 0. The Bertz CT molecular complexity index is 523. The van der Waals surface area contributed by atoms with Gasteiger partial charge in [0.1, 0.15) is 0 Å². The molecule has 0 aliphatic rings. The highest BCUT2D eigenvalue weighted by Gasteiger charge is 2.11. The third-order valence-electron chi connectivity index (χ3n) is 2.96. The minimum absolute atomic E-state index is 0.0837. The van der Waals surface area contributed by atoms with Crippen molar-refractivity contribution in [2.45, 2.75) is 39.5 Å². The van der Waals surface area contributed by atoms with Gasteiger partial charge in [0.2, 0.25) is 0 Å². The maximum absolute atomic E-state index is 5.78. The van der Waals surface area contributed by atoms with Gasteiger partial charge in [0.25, 0.3) is 0 Å². The summed E-state index contributed by atoms with van der Waals surface area (Å²) in [6.45, 7) is 8.38. The highest BCUT2D eigenvalue weighted by atomic mass is 16.5. The average Bonchev–Trinajstić information content (AvgIpc) is 2.66. The number of hydrogen-bond donors (Lipinski definition) is 1. The summed E-state index contributed by atoms with van der Waals surface area (Å²) in [6, 6.07) is 8.37. The lowest BCUT2D eigenvalue weighted by Crippen LogP contribution is -2.21. The number of hydrogen-bond acceptors (Lipinski definition) is 2. The van der Waals surface area contributed by atoms with Crippen molar-refractivity contribution < 1.29 is 4.74 Å². The molecular weight excluding hydrogens is 224 g/mol. The van der Waals surface area contributed by atoms with Crippen LogP contribution in [0, 0.1) is 0 Å². The quantitative estimate of drug-likeness (QED) is 0.901. The molecule has 0 fully saturated rings. The van der Waals surface area contributed by atoms with Crippen LogP contribution in [-0.2, 0) is 17.8 Å². The lowest BCUT2D eigenvalue weighted by atomic mass is 10.2. The Morgan fingerprint density at radius 2 is 1.94 bits per heavy atom. The Labute approximate surface area is 109 Å². The highest BCUT2D eigenvalue weighted by Crippen LogP contribution is 2.21. The lowest BCUT2D eigenvalue weighted by molar-refractivity contribution is -0.00645. The highest BCUT2D eigenvalue weighted by molar-refractivity contribution is 5.83.